The molecule has 17 heavy (non-hydrogen) atoms. The Balaban J connectivity index is 2.21. The SMILES string of the molecule is COc1ccn(C(=N)N2CCCCC2)c(=N)n1. The summed E-state index contributed by atoms with van der Waals surface area (Å²) in [6, 6.07) is 1.66. The van der Waals surface area contributed by atoms with Crippen molar-refractivity contribution in [2.45, 2.75) is 19.3 Å². The summed E-state index contributed by atoms with van der Waals surface area (Å²) >= 11 is 0. The molecule has 6 heteroatoms. The Hall–Kier alpha value is -1.85. The lowest BCUT2D eigenvalue weighted by Crippen LogP contribution is -2.43. The normalized spacial score (nSPS) is 15.7. The number of rotatable bonds is 1. The van der Waals surface area contributed by atoms with Crippen LogP contribution in [-0.2, 0) is 0 Å². The lowest BCUT2D eigenvalue weighted by molar-refractivity contribution is 0.329. The van der Waals surface area contributed by atoms with Gasteiger partial charge < -0.3 is 9.64 Å². The van der Waals surface area contributed by atoms with Crippen LogP contribution in [0, 0.1) is 10.8 Å². The van der Waals surface area contributed by atoms with Gasteiger partial charge in [0.25, 0.3) is 0 Å². The zero-order chi connectivity index (χ0) is 12.3. The van der Waals surface area contributed by atoms with Gasteiger partial charge in [0.1, 0.15) is 0 Å². The van der Waals surface area contributed by atoms with E-state index in [1.54, 1.807) is 12.3 Å². The van der Waals surface area contributed by atoms with Gasteiger partial charge >= 0.3 is 0 Å². The Morgan fingerprint density at radius 2 is 2.06 bits per heavy atom. The molecule has 0 saturated carbocycles. The molecule has 92 valence electrons. The van der Waals surface area contributed by atoms with E-state index in [0.29, 0.717) is 11.8 Å². The third-order valence-corrected chi connectivity index (χ3v) is 2.90. The van der Waals surface area contributed by atoms with Crippen LogP contribution in [0.15, 0.2) is 12.3 Å². The van der Waals surface area contributed by atoms with Crippen molar-refractivity contribution in [2.75, 3.05) is 20.2 Å². The van der Waals surface area contributed by atoms with Gasteiger partial charge in [-0.1, -0.05) is 0 Å². The standard InChI is InChI=1S/C11H17N5O/c1-17-9-5-8-16(10(12)14-9)11(13)15-6-3-2-4-7-15/h5,8,12-13H,2-4,6-7H2,1H3. The van der Waals surface area contributed by atoms with Crippen LogP contribution in [0.3, 0.4) is 0 Å². The first-order chi connectivity index (χ1) is 8.22. The van der Waals surface area contributed by atoms with Gasteiger partial charge in [-0.25, -0.2) is 0 Å². The fourth-order valence-corrected chi connectivity index (χ4v) is 1.95. The quantitative estimate of drug-likeness (QED) is 0.554. The molecule has 0 bridgehead atoms. The van der Waals surface area contributed by atoms with Crippen LogP contribution in [0.2, 0.25) is 0 Å². The first kappa shape index (κ1) is 11.6. The number of nitrogens with zero attached hydrogens (tertiary/aromatic N) is 3. The minimum absolute atomic E-state index is 0.0277. The van der Waals surface area contributed by atoms with Crippen molar-refractivity contribution < 1.29 is 4.74 Å². The molecule has 0 unspecified atom stereocenters. The van der Waals surface area contributed by atoms with Crippen molar-refractivity contribution in [1.82, 2.24) is 14.5 Å². The average Bonchev–Trinajstić information content (AvgIpc) is 2.39. The van der Waals surface area contributed by atoms with Gasteiger partial charge in [0, 0.05) is 25.4 Å². The van der Waals surface area contributed by atoms with Gasteiger partial charge in [0.2, 0.25) is 17.5 Å². The van der Waals surface area contributed by atoms with Gasteiger partial charge in [0.05, 0.1) is 7.11 Å². The van der Waals surface area contributed by atoms with Crippen molar-refractivity contribution in [3.63, 3.8) is 0 Å². The zero-order valence-electron chi connectivity index (χ0n) is 9.94. The molecule has 1 aliphatic rings. The number of piperidine rings is 1. The van der Waals surface area contributed by atoms with Crippen molar-refractivity contribution in [3.8, 4) is 5.88 Å². The highest BCUT2D eigenvalue weighted by Gasteiger charge is 2.15. The largest absolute Gasteiger partial charge is 0.481 e. The molecule has 1 saturated heterocycles. The number of aromatic nitrogens is 2. The highest BCUT2D eigenvalue weighted by Crippen LogP contribution is 2.09. The molecule has 1 aromatic rings. The Morgan fingerprint density at radius 3 is 2.65 bits per heavy atom. The van der Waals surface area contributed by atoms with Crippen LogP contribution in [0.5, 0.6) is 5.88 Å². The van der Waals surface area contributed by atoms with E-state index >= 15 is 0 Å². The van der Waals surface area contributed by atoms with Gasteiger partial charge in [-0.15, -0.1) is 0 Å². The minimum atomic E-state index is 0.0277. The van der Waals surface area contributed by atoms with E-state index in [1.807, 2.05) is 4.90 Å². The number of hydrogen-bond donors (Lipinski definition) is 2. The van der Waals surface area contributed by atoms with Gasteiger partial charge in [0.15, 0.2) is 0 Å². The molecule has 2 N–H and O–H groups in total. The molecule has 0 radical (unpaired) electrons. The van der Waals surface area contributed by atoms with E-state index in [2.05, 4.69) is 4.98 Å². The molecule has 1 aliphatic heterocycles. The van der Waals surface area contributed by atoms with Crippen LogP contribution in [0.4, 0.5) is 0 Å². The monoisotopic (exact) mass is 235 g/mol. The molecule has 2 heterocycles. The van der Waals surface area contributed by atoms with E-state index in [4.69, 9.17) is 15.6 Å². The summed E-state index contributed by atoms with van der Waals surface area (Å²) in [5.74, 6) is 0.725. The lowest BCUT2D eigenvalue weighted by Gasteiger charge is -2.29. The van der Waals surface area contributed by atoms with Crippen molar-refractivity contribution >= 4 is 5.96 Å². The maximum Gasteiger partial charge on any atom is 0.232 e. The van der Waals surface area contributed by atoms with Gasteiger partial charge in [-0.2, -0.15) is 4.98 Å². The summed E-state index contributed by atoms with van der Waals surface area (Å²) in [7, 11) is 1.52. The summed E-state index contributed by atoms with van der Waals surface area (Å²) in [4.78, 5) is 5.93. The number of nitrogens with one attached hydrogen (secondary N) is 2. The number of ether oxygens (including phenoxy) is 1. The molecule has 6 nitrogen and oxygen atoms in total. The predicted octanol–water partition coefficient (Wildman–Crippen LogP) is 0.640. The Bertz CT molecular complexity index is 461. The van der Waals surface area contributed by atoms with Crippen molar-refractivity contribution in [3.05, 3.63) is 17.9 Å². The molecule has 0 amide bonds. The summed E-state index contributed by atoms with van der Waals surface area (Å²) in [6.07, 6.45) is 5.11. The fraction of sp³-hybridized carbons (Fsp3) is 0.545. The number of methoxy groups -OCH3 is 1. The van der Waals surface area contributed by atoms with Gasteiger partial charge in [-0.3, -0.25) is 15.4 Å². The molecule has 0 spiro atoms. The van der Waals surface area contributed by atoms with E-state index in [9.17, 15) is 0 Å². The van der Waals surface area contributed by atoms with Crippen LogP contribution < -0.4 is 10.4 Å². The fourth-order valence-electron chi connectivity index (χ4n) is 1.95. The van der Waals surface area contributed by atoms with Crippen molar-refractivity contribution in [2.24, 2.45) is 0 Å². The minimum Gasteiger partial charge on any atom is -0.481 e. The zero-order valence-corrected chi connectivity index (χ0v) is 9.94. The first-order valence-electron chi connectivity index (χ1n) is 5.74. The molecule has 2 rings (SSSR count). The van der Waals surface area contributed by atoms with Crippen LogP contribution in [0.1, 0.15) is 19.3 Å². The Labute approximate surface area is 99.9 Å². The number of hydrogen-bond acceptors (Lipinski definition) is 4. The highest BCUT2D eigenvalue weighted by atomic mass is 16.5. The average molecular weight is 235 g/mol. The molecule has 1 fully saturated rings. The summed E-state index contributed by atoms with van der Waals surface area (Å²) in [6.45, 7) is 1.77. The summed E-state index contributed by atoms with van der Waals surface area (Å²) < 4.78 is 6.41. The van der Waals surface area contributed by atoms with Crippen LogP contribution in [-0.4, -0.2) is 40.6 Å². The first-order valence-corrected chi connectivity index (χ1v) is 5.74. The molecule has 1 aromatic heterocycles. The lowest BCUT2D eigenvalue weighted by atomic mass is 10.1. The smallest absolute Gasteiger partial charge is 0.232 e. The van der Waals surface area contributed by atoms with Crippen LogP contribution in [0.25, 0.3) is 0 Å². The second kappa shape index (κ2) is 4.99. The Morgan fingerprint density at radius 1 is 1.35 bits per heavy atom. The van der Waals surface area contributed by atoms with E-state index < -0.39 is 0 Å². The maximum absolute atomic E-state index is 8.08. The predicted molar refractivity (Wildman–Crippen MR) is 63.2 cm³/mol. The second-order valence-corrected chi connectivity index (χ2v) is 4.03. The van der Waals surface area contributed by atoms with E-state index in [1.165, 1.54) is 18.1 Å². The summed E-state index contributed by atoms with van der Waals surface area (Å²) in [5, 5.41) is 15.8. The summed E-state index contributed by atoms with van der Waals surface area (Å²) in [5.41, 5.74) is 0.0277. The maximum atomic E-state index is 8.08. The Kier molecular flexibility index (Phi) is 3.41. The molecule has 0 atom stereocenters. The van der Waals surface area contributed by atoms with Gasteiger partial charge in [-0.05, 0) is 19.3 Å². The highest BCUT2D eigenvalue weighted by molar-refractivity contribution is 5.79. The van der Waals surface area contributed by atoms with Crippen molar-refractivity contribution in [1.29, 1.82) is 10.8 Å². The third kappa shape index (κ3) is 2.46. The number of likely N-dealkylation sites (tertiary alicyclic amines) is 1. The topological polar surface area (TPSA) is 78.0 Å². The molecular weight excluding hydrogens is 218 g/mol. The van der Waals surface area contributed by atoms with Crippen LogP contribution >= 0.6 is 0 Å². The van der Waals surface area contributed by atoms with E-state index in [-0.39, 0.29) is 5.62 Å². The molecular formula is C11H17N5O. The molecule has 0 aromatic carbocycles. The van der Waals surface area contributed by atoms with E-state index in [0.717, 1.165) is 25.9 Å². The molecule has 0 aliphatic carbocycles. The third-order valence-electron chi connectivity index (χ3n) is 2.90. The second-order valence-electron chi connectivity index (χ2n) is 4.03.